The number of carbonyl (C=O) groups excluding carboxylic acids is 1. The fraction of sp³-hybridized carbons (Fsp3) is 0.562. The Labute approximate surface area is 136 Å². The van der Waals surface area contributed by atoms with E-state index >= 15 is 0 Å². The van der Waals surface area contributed by atoms with Crippen molar-refractivity contribution in [3.8, 4) is 0 Å². The number of anilines is 1. The topological polar surface area (TPSA) is 66.5 Å². The molecule has 0 bridgehead atoms. The highest BCUT2D eigenvalue weighted by Crippen LogP contribution is 2.27. The van der Waals surface area contributed by atoms with E-state index in [4.69, 9.17) is 0 Å². The van der Waals surface area contributed by atoms with Gasteiger partial charge in [-0.25, -0.2) is 12.8 Å². The van der Waals surface area contributed by atoms with Crippen molar-refractivity contribution < 1.29 is 17.6 Å². The molecule has 128 valence electrons. The molecule has 0 spiro atoms. The lowest BCUT2D eigenvalue weighted by atomic mass is 9.94. The summed E-state index contributed by atoms with van der Waals surface area (Å²) in [6.07, 6.45) is 4.53. The molecule has 2 rings (SSSR count). The third-order valence-corrected chi connectivity index (χ3v) is 5.93. The molecular formula is C16H23FN2O3S. The monoisotopic (exact) mass is 342 g/mol. The number of hydrogen-bond acceptors (Lipinski definition) is 4. The maximum atomic E-state index is 13.1. The van der Waals surface area contributed by atoms with Crippen molar-refractivity contribution in [2.75, 3.05) is 25.2 Å². The standard InChI is InChI=1S/C16H23FN2O3S/c1-19(14-8-3-4-9-15(14)23(2,21)22)11-16(20)18-13-7-5-6-12(17)10-13/h5-7,10,14-15H,3-4,8-9,11H2,1-2H3,(H,18,20)/t14-,15+/m0/s1. The lowest BCUT2D eigenvalue weighted by molar-refractivity contribution is -0.117. The molecule has 0 aliphatic heterocycles. The van der Waals surface area contributed by atoms with Gasteiger partial charge in [0.05, 0.1) is 11.8 Å². The van der Waals surface area contributed by atoms with Crippen LogP contribution < -0.4 is 5.32 Å². The highest BCUT2D eigenvalue weighted by Gasteiger charge is 2.35. The van der Waals surface area contributed by atoms with E-state index in [0.717, 1.165) is 19.3 Å². The van der Waals surface area contributed by atoms with Gasteiger partial charge in [-0.3, -0.25) is 9.69 Å². The minimum atomic E-state index is -3.14. The van der Waals surface area contributed by atoms with E-state index in [0.29, 0.717) is 12.1 Å². The van der Waals surface area contributed by atoms with Gasteiger partial charge in [0.2, 0.25) is 5.91 Å². The zero-order valence-corrected chi connectivity index (χ0v) is 14.3. The molecule has 0 aromatic heterocycles. The van der Waals surface area contributed by atoms with Crippen LogP contribution >= 0.6 is 0 Å². The van der Waals surface area contributed by atoms with Crippen molar-refractivity contribution >= 4 is 21.4 Å². The first-order valence-corrected chi connectivity index (χ1v) is 9.67. The van der Waals surface area contributed by atoms with Crippen molar-refractivity contribution in [3.05, 3.63) is 30.1 Å². The highest BCUT2D eigenvalue weighted by atomic mass is 32.2. The first kappa shape index (κ1) is 17.9. The molecule has 1 N–H and O–H groups in total. The summed E-state index contributed by atoms with van der Waals surface area (Å²) in [6, 6.07) is 5.53. The first-order valence-electron chi connectivity index (χ1n) is 7.72. The minimum Gasteiger partial charge on any atom is -0.325 e. The van der Waals surface area contributed by atoms with Crippen molar-refractivity contribution in [2.24, 2.45) is 0 Å². The van der Waals surface area contributed by atoms with Gasteiger partial charge in [0.25, 0.3) is 0 Å². The first-order chi connectivity index (χ1) is 10.8. The zero-order chi connectivity index (χ0) is 17.0. The van der Waals surface area contributed by atoms with E-state index in [1.807, 2.05) is 0 Å². The summed E-state index contributed by atoms with van der Waals surface area (Å²) in [4.78, 5) is 13.9. The zero-order valence-electron chi connectivity index (χ0n) is 13.5. The van der Waals surface area contributed by atoms with Crippen molar-refractivity contribution in [2.45, 2.75) is 37.0 Å². The minimum absolute atomic E-state index is 0.0766. The molecule has 0 unspecified atom stereocenters. The third-order valence-electron chi connectivity index (χ3n) is 4.29. The fourth-order valence-corrected chi connectivity index (χ4v) is 4.70. The quantitative estimate of drug-likeness (QED) is 0.889. The molecular weight excluding hydrogens is 319 g/mol. The molecule has 1 aliphatic carbocycles. The van der Waals surface area contributed by atoms with Crippen molar-refractivity contribution in [3.63, 3.8) is 0 Å². The molecule has 1 aromatic rings. The Morgan fingerprint density at radius 1 is 1.35 bits per heavy atom. The van der Waals surface area contributed by atoms with Gasteiger partial charge >= 0.3 is 0 Å². The Bertz CT molecular complexity index is 663. The van der Waals surface area contributed by atoms with Gasteiger partial charge in [0, 0.05) is 18.0 Å². The average Bonchev–Trinajstić information content (AvgIpc) is 2.46. The van der Waals surface area contributed by atoms with E-state index in [-0.39, 0.29) is 18.5 Å². The summed E-state index contributed by atoms with van der Waals surface area (Å²) in [5, 5.41) is 2.21. The average molecular weight is 342 g/mol. The van der Waals surface area contributed by atoms with Crippen molar-refractivity contribution in [1.82, 2.24) is 4.90 Å². The summed E-state index contributed by atoms with van der Waals surface area (Å²) >= 11 is 0. The maximum absolute atomic E-state index is 13.1. The van der Waals surface area contributed by atoms with Gasteiger partial charge < -0.3 is 5.32 Å². The van der Waals surface area contributed by atoms with Crippen LogP contribution in [-0.4, -0.2) is 50.4 Å². The second-order valence-corrected chi connectivity index (χ2v) is 8.46. The van der Waals surface area contributed by atoms with Crippen LogP contribution in [0.5, 0.6) is 0 Å². The molecule has 1 aliphatic rings. The smallest absolute Gasteiger partial charge is 0.238 e. The number of sulfone groups is 1. The number of hydrogen-bond donors (Lipinski definition) is 1. The fourth-order valence-electron chi connectivity index (χ4n) is 3.19. The van der Waals surface area contributed by atoms with E-state index in [1.54, 1.807) is 18.0 Å². The largest absolute Gasteiger partial charge is 0.325 e. The normalized spacial score (nSPS) is 22.1. The maximum Gasteiger partial charge on any atom is 0.238 e. The van der Waals surface area contributed by atoms with Crippen LogP contribution in [0.25, 0.3) is 0 Å². The molecule has 1 fully saturated rings. The van der Waals surface area contributed by atoms with Crippen LogP contribution in [0, 0.1) is 5.82 Å². The molecule has 1 amide bonds. The number of carbonyl (C=O) groups is 1. The lowest BCUT2D eigenvalue weighted by Crippen LogP contribution is -2.49. The number of nitrogens with zero attached hydrogens (tertiary/aromatic N) is 1. The van der Waals surface area contributed by atoms with Crippen LogP contribution in [0.4, 0.5) is 10.1 Å². The van der Waals surface area contributed by atoms with E-state index in [1.165, 1.54) is 24.5 Å². The summed E-state index contributed by atoms with van der Waals surface area (Å²) in [5.41, 5.74) is 0.395. The van der Waals surface area contributed by atoms with Gasteiger partial charge in [-0.05, 0) is 38.1 Å². The number of likely N-dealkylation sites (N-methyl/N-ethyl adjacent to an activating group) is 1. The van der Waals surface area contributed by atoms with Gasteiger partial charge in [-0.1, -0.05) is 18.9 Å². The van der Waals surface area contributed by atoms with E-state index < -0.39 is 20.9 Å². The van der Waals surface area contributed by atoms with Gasteiger partial charge in [-0.15, -0.1) is 0 Å². The van der Waals surface area contributed by atoms with Crippen LogP contribution in [0.1, 0.15) is 25.7 Å². The number of benzene rings is 1. The summed E-state index contributed by atoms with van der Waals surface area (Å²) in [6.45, 7) is 0.0766. The molecule has 5 nitrogen and oxygen atoms in total. The second kappa shape index (κ2) is 7.40. The van der Waals surface area contributed by atoms with Crippen LogP contribution in [0.15, 0.2) is 24.3 Å². The predicted octanol–water partition coefficient (Wildman–Crippen LogP) is 2.05. The van der Waals surface area contributed by atoms with Gasteiger partial charge in [0.1, 0.15) is 5.82 Å². The Kier molecular flexibility index (Phi) is 5.75. The number of rotatable bonds is 5. The third kappa shape index (κ3) is 5.00. The molecule has 1 saturated carbocycles. The van der Waals surface area contributed by atoms with Crippen LogP contribution in [-0.2, 0) is 14.6 Å². The highest BCUT2D eigenvalue weighted by molar-refractivity contribution is 7.91. The Morgan fingerprint density at radius 2 is 2.04 bits per heavy atom. The predicted molar refractivity (Wildman–Crippen MR) is 88.5 cm³/mol. The Hall–Kier alpha value is -1.47. The molecule has 2 atom stereocenters. The number of amides is 1. The Morgan fingerprint density at radius 3 is 2.70 bits per heavy atom. The summed E-state index contributed by atoms with van der Waals surface area (Å²) in [7, 11) is -1.38. The molecule has 0 heterocycles. The second-order valence-electron chi connectivity index (χ2n) is 6.19. The van der Waals surface area contributed by atoms with Crippen molar-refractivity contribution in [1.29, 1.82) is 0 Å². The molecule has 0 radical (unpaired) electrons. The SMILES string of the molecule is CN(CC(=O)Nc1cccc(F)c1)[C@H]1CCCC[C@H]1S(C)(=O)=O. The number of halogens is 1. The molecule has 0 saturated heterocycles. The van der Waals surface area contributed by atoms with Crippen LogP contribution in [0.2, 0.25) is 0 Å². The Balaban J connectivity index is 1.99. The van der Waals surface area contributed by atoms with Crippen LogP contribution in [0.3, 0.4) is 0 Å². The van der Waals surface area contributed by atoms with Gasteiger partial charge in [-0.2, -0.15) is 0 Å². The summed E-state index contributed by atoms with van der Waals surface area (Å²) < 4.78 is 37.0. The molecule has 7 heteroatoms. The number of nitrogens with one attached hydrogen (secondary N) is 1. The summed E-state index contributed by atoms with van der Waals surface area (Å²) in [5.74, 6) is -0.698. The molecule has 23 heavy (non-hydrogen) atoms. The van der Waals surface area contributed by atoms with Gasteiger partial charge in [0.15, 0.2) is 9.84 Å². The molecule has 1 aromatic carbocycles. The van der Waals surface area contributed by atoms with E-state index in [9.17, 15) is 17.6 Å². The lowest BCUT2D eigenvalue weighted by Gasteiger charge is -2.36. The van der Waals surface area contributed by atoms with E-state index in [2.05, 4.69) is 5.32 Å².